The Morgan fingerprint density at radius 1 is 1.11 bits per heavy atom. The minimum atomic E-state index is -0.754. The zero-order chi connectivity index (χ0) is 25.1. The fourth-order valence-electron chi connectivity index (χ4n) is 6.44. The minimum Gasteiger partial charge on any atom is -0.490 e. The third-order valence-electron chi connectivity index (χ3n) is 8.08. The van der Waals surface area contributed by atoms with E-state index >= 15 is 0 Å². The summed E-state index contributed by atoms with van der Waals surface area (Å²) in [6, 6.07) is 13.2. The molecule has 5 nitrogen and oxygen atoms in total. The fraction of sp³-hybridized carbons (Fsp3) is 0.548. The number of benzene rings is 2. The van der Waals surface area contributed by atoms with Crippen LogP contribution in [0.4, 0.5) is 0 Å². The van der Waals surface area contributed by atoms with Crippen LogP contribution in [0.1, 0.15) is 76.0 Å². The van der Waals surface area contributed by atoms with E-state index < -0.39 is 5.60 Å². The van der Waals surface area contributed by atoms with E-state index in [1.165, 1.54) is 17.5 Å². The van der Waals surface area contributed by atoms with Gasteiger partial charge in [0.15, 0.2) is 11.5 Å². The van der Waals surface area contributed by atoms with Gasteiger partial charge in [-0.05, 0) is 86.8 Å². The van der Waals surface area contributed by atoms with Crippen molar-refractivity contribution >= 4 is 6.08 Å². The van der Waals surface area contributed by atoms with Gasteiger partial charge in [0.05, 0.1) is 12.2 Å². The van der Waals surface area contributed by atoms with Crippen LogP contribution in [0.25, 0.3) is 6.08 Å². The Morgan fingerprint density at radius 2 is 1.92 bits per heavy atom. The van der Waals surface area contributed by atoms with Gasteiger partial charge in [0.1, 0.15) is 12.7 Å². The van der Waals surface area contributed by atoms with Crippen molar-refractivity contribution in [1.29, 1.82) is 0 Å². The molecule has 0 aromatic heterocycles. The molecule has 0 saturated carbocycles. The lowest BCUT2D eigenvalue weighted by molar-refractivity contribution is -0.0689. The quantitative estimate of drug-likeness (QED) is 0.546. The van der Waals surface area contributed by atoms with Crippen LogP contribution in [0, 0.1) is 0 Å². The van der Waals surface area contributed by atoms with Gasteiger partial charge >= 0.3 is 0 Å². The summed E-state index contributed by atoms with van der Waals surface area (Å²) in [5, 5.41) is 11.8. The number of nitrogens with zero attached hydrogens (tertiary/aromatic N) is 1. The Bertz CT molecular complexity index is 1070. The molecule has 0 radical (unpaired) electrons. The van der Waals surface area contributed by atoms with E-state index in [1.807, 2.05) is 39.0 Å². The maximum absolute atomic E-state index is 11.8. The van der Waals surface area contributed by atoms with Crippen molar-refractivity contribution in [2.75, 3.05) is 19.8 Å². The van der Waals surface area contributed by atoms with Gasteiger partial charge in [0.25, 0.3) is 0 Å². The predicted molar refractivity (Wildman–Crippen MR) is 144 cm³/mol. The molecule has 2 aromatic carbocycles. The predicted octanol–water partition coefficient (Wildman–Crippen LogP) is 6.12. The molecule has 1 N–H and O–H groups in total. The molecule has 0 amide bonds. The molecule has 36 heavy (non-hydrogen) atoms. The van der Waals surface area contributed by atoms with E-state index in [0.29, 0.717) is 25.3 Å². The number of hydrogen-bond donors (Lipinski definition) is 1. The Morgan fingerprint density at radius 3 is 2.69 bits per heavy atom. The van der Waals surface area contributed by atoms with Crippen molar-refractivity contribution in [3.63, 3.8) is 0 Å². The Balaban J connectivity index is 0.00000130. The summed E-state index contributed by atoms with van der Waals surface area (Å²) in [4.78, 5) is 2.57. The van der Waals surface area contributed by atoms with Gasteiger partial charge < -0.3 is 19.3 Å². The molecule has 2 fully saturated rings. The van der Waals surface area contributed by atoms with Crippen molar-refractivity contribution in [1.82, 2.24) is 4.90 Å². The number of aryl methyl sites for hydroxylation is 1. The maximum atomic E-state index is 11.8. The molecule has 3 atom stereocenters. The molecule has 2 bridgehead atoms. The van der Waals surface area contributed by atoms with E-state index in [0.717, 1.165) is 67.9 Å². The van der Waals surface area contributed by atoms with Crippen LogP contribution < -0.4 is 14.2 Å². The number of aliphatic hydroxyl groups is 1. The molecule has 5 heteroatoms. The smallest absolute Gasteiger partial charge is 0.204 e. The number of rotatable bonds is 5. The molecule has 2 saturated heterocycles. The van der Waals surface area contributed by atoms with Gasteiger partial charge in [-0.25, -0.2) is 0 Å². The lowest BCUT2D eigenvalue weighted by Gasteiger charge is -2.45. The van der Waals surface area contributed by atoms with Gasteiger partial charge in [0.2, 0.25) is 5.75 Å². The van der Waals surface area contributed by atoms with Crippen LogP contribution in [-0.2, 0) is 12.0 Å². The largest absolute Gasteiger partial charge is 0.490 e. The topological polar surface area (TPSA) is 51.2 Å². The lowest BCUT2D eigenvalue weighted by atomic mass is 9.79. The van der Waals surface area contributed by atoms with Crippen LogP contribution in [0.3, 0.4) is 0 Å². The first-order valence-corrected chi connectivity index (χ1v) is 14.0. The Labute approximate surface area is 216 Å². The lowest BCUT2D eigenvalue weighted by Crippen LogP contribution is -2.53. The third kappa shape index (κ3) is 4.88. The van der Waals surface area contributed by atoms with Gasteiger partial charge in [0, 0.05) is 18.6 Å². The molecule has 3 heterocycles. The van der Waals surface area contributed by atoms with Gasteiger partial charge in [-0.3, -0.25) is 4.90 Å². The summed E-state index contributed by atoms with van der Waals surface area (Å²) in [5.41, 5.74) is 3.02. The molecular formula is C31H41NO4. The average Bonchev–Trinajstić information content (AvgIpc) is 3.07. The number of para-hydroxylation sites is 1. The van der Waals surface area contributed by atoms with E-state index in [2.05, 4.69) is 35.3 Å². The number of ether oxygens (including phenoxy) is 3. The highest BCUT2D eigenvalue weighted by molar-refractivity contribution is 5.57. The SMILES string of the molecule is CC.CCOc1cccc2c1O[C@@H](CN1C3CCC1CC(O)(c1ccc4c(c1)C=CCCC4)C3)CO2. The van der Waals surface area contributed by atoms with E-state index in [-0.39, 0.29) is 6.10 Å². The summed E-state index contributed by atoms with van der Waals surface area (Å²) >= 11 is 0. The molecule has 194 valence electrons. The van der Waals surface area contributed by atoms with Crippen LogP contribution in [-0.4, -0.2) is 48.0 Å². The van der Waals surface area contributed by atoms with Crippen LogP contribution in [0.15, 0.2) is 42.5 Å². The van der Waals surface area contributed by atoms with Gasteiger partial charge in [-0.15, -0.1) is 0 Å². The van der Waals surface area contributed by atoms with E-state index in [4.69, 9.17) is 14.2 Å². The minimum absolute atomic E-state index is 0.0407. The van der Waals surface area contributed by atoms with Crippen LogP contribution in [0.5, 0.6) is 17.2 Å². The van der Waals surface area contributed by atoms with Crippen molar-refractivity contribution < 1.29 is 19.3 Å². The highest BCUT2D eigenvalue weighted by Crippen LogP contribution is 2.47. The summed E-state index contributed by atoms with van der Waals surface area (Å²) in [7, 11) is 0. The molecular weight excluding hydrogens is 450 g/mol. The molecule has 2 aromatic rings. The standard InChI is InChI=1S/C29H35NO4.C2H6/c1-2-32-26-9-6-10-27-28(26)34-25(19-33-27)18-30-23-13-14-24(30)17-29(31,16-23)22-12-11-20-7-4-3-5-8-21(20)15-22;1-2/h5-6,8-12,15,23-25,31H,2-4,7,13-14,16-19H2,1H3;1-2H3/t23?,24?,25-,29?;/m0./s1. The fourth-order valence-corrected chi connectivity index (χ4v) is 6.44. The first-order valence-electron chi connectivity index (χ1n) is 14.0. The zero-order valence-electron chi connectivity index (χ0n) is 22.0. The zero-order valence-corrected chi connectivity index (χ0v) is 22.0. The van der Waals surface area contributed by atoms with E-state index in [9.17, 15) is 5.11 Å². The van der Waals surface area contributed by atoms with E-state index in [1.54, 1.807) is 0 Å². The number of hydrogen-bond acceptors (Lipinski definition) is 5. The average molecular weight is 492 g/mol. The number of piperidine rings is 1. The van der Waals surface area contributed by atoms with Crippen LogP contribution >= 0.6 is 0 Å². The van der Waals surface area contributed by atoms with Crippen molar-refractivity contribution in [2.45, 2.75) is 89.5 Å². The normalized spacial score (nSPS) is 28.5. The molecule has 0 spiro atoms. The first kappa shape index (κ1) is 25.2. The highest BCUT2D eigenvalue weighted by Gasteiger charge is 2.49. The number of fused-ring (bicyclic) bond motifs is 4. The summed E-state index contributed by atoms with van der Waals surface area (Å²) < 4.78 is 18.2. The third-order valence-corrected chi connectivity index (χ3v) is 8.08. The van der Waals surface area contributed by atoms with Gasteiger partial charge in [-0.2, -0.15) is 0 Å². The number of allylic oxidation sites excluding steroid dienone is 1. The van der Waals surface area contributed by atoms with Crippen molar-refractivity contribution in [3.8, 4) is 17.2 Å². The Hall–Kier alpha value is -2.50. The summed E-state index contributed by atoms with van der Waals surface area (Å²) in [6.45, 7) is 7.93. The maximum Gasteiger partial charge on any atom is 0.204 e. The van der Waals surface area contributed by atoms with Crippen molar-refractivity contribution in [2.24, 2.45) is 0 Å². The highest BCUT2D eigenvalue weighted by atomic mass is 16.6. The van der Waals surface area contributed by atoms with Gasteiger partial charge in [-0.1, -0.05) is 44.2 Å². The van der Waals surface area contributed by atoms with Crippen LogP contribution in [0.2, 0.25) is 0 Å². The second-order valence-corrected chi connectivity index (χ2v) is 10.3. The Kier molecular flexibility index (Phi) is 7.59. The molecule has 2 unspecified atom stereocenters. The second-order valence-electron chi connectivity index (χ2n) is 10.3. The molecule has 1 aliphatic carbocycles. The monoisotopic (exact) mass is 491 g/mol. The van der Waals surface area contributed by atoms with Crippen molar-refractivity contribution in [3.05, 3.63) is 59.2 Å². The molecule has 4 aliphatic rings. The molecule has 3 aliphatic heterocycles. The molecule has 6 rings (SSSR count). The summed E-state index contributed by atoms with van der Waals surface area (Å²) in [6.07, 6.45) is 11.8. The summed E-state index contributed by atoms with van der Waals surface area (Å²) in [5.74, 6) is 2.23. The second kappa shape index (κ2) is 10.9. The first-order chi connectivity index (χ1) is 17.6.